The van der Waals surface area contributed by atoms with Crippen LogP contribution in [-0.4, -0.2) is 6.54 Å². The fourth-order valence-corrected chi connectivity index (χ4v) is 2.02. The molecule has 1 aromatic carbocycles. The standard InChI is InChI=1S/C16H20ClNO2/c1-3-7-18-10-16-13(6-8-19-16)11-20-14-4-5-15(17)12(2)9-14/h4-6,8-9,18H,3,7,10-11H2,1-2H3. The van der Waals surface area contributed by atoms with Crippen molar-refractivity contribution in [2.75, 3.05) is 6.54 Å². The van der Waals surface area contributed by atoms with Gasteiger partial charge in [0.1, 0.15) is 18.1 Å². The summed E-state index contributed by atoms with van der Waals surface area (Å²) in [5.74, 6) is 1.75. The predicted molar refractivity (Wildman–Crippen MR) is 81.2 cm³/mol. The van der Waals surface area contributed by atoms with E-state index in [1.807, 2.05) is 31.2 Å². The molecule has 1 heterocycles. The van der Waals surface area contributed by atoms with Gasteiger partial charge >= 0.3 is 0 Å². The maximum Gasteiger partial charge on any atom is 0.124 e. The first-order chi connectivity index (χ1) is 9.70. The molecular formula is C16H20ClNO2. The van der Waals surface area contributed by atoms with Crippen LogP contribution < -0.4 is 10.1 Å². The minimum Gasteiger partial charge on any atom is -0.489 e. The molecule has 0 atom stereocenters. The molecule has 1 N–H and O–H groups in total. The number of aryl methyl sites for hydroxylation is 1. The highest BCUT2D eigenvalue weighted by molar-refractivity contribution is 6.31. The molecule has 0 aliphatic heterocycles. The van der Waals surface area contributed by atoms with Crippen LogP contribution in [0.15, 0.2) is 34.9 Å². The van der Waals surface area contributed by atoms with Gasteiger partial charge in [0.15, 0.2) is 0 Å². The van der Waals surface area contributed by atoms with Gasteiger partial charge in [-0.15, -0.1) is 0 Å². The Morgan fingerprint density at radius 2 is 2.15 bits per heavy atom. The van der Waals surface area contributed by atoms with Gasteiger partial charge in [0.05, 0.1) is 12.8 Å². The lowest BCUT2D eigenvalue weighted by molar-refractivity contribution is 0.301. The third kappa shape index (κ3) is 4.02. The Labute approximate surface area is 124 Å². The van der Waals surface area contributed by atoms with Crippen LogP contribution in [0.5, 0.6) is 5.75 Å². The monoisotopic (exact) mass is 293 g/mol. The molecule has 0 unspecified atom stereocenters. The van der Waals surface area contributed by atoms with E-state index in [1.165, 1.54) is 0 Å². The summed E-state index contributed by atoms with van der Waals surface area (Å²) in [6, 6.07) is 7.62. The number of furan rings is 1. The molecule has 0 bridgehead atoms. The highest BCUT2D eigenvalue weighted by Gasteiger charge is 2.07. The normalized spacial score (nSPS) is 10.8. The molecule has 0 saturated carbocycles. The maximum atomic E-state index is 6.00. The van der Waals surface area contributed by atoms with Crippen LogP contribution in [0, 0.1) is 6.92 Å². The number of ether oxygens (including phenoxy) is 1. The van der Waals surface area contributed by atoms with Crippen molar-refractivity contribution in [3.63, 3.8) is 0 Å². The van der Waals surface area contributed by atoms with Crippen molar-refractivity contribution in [3.8, 4) is 5.75 Å². The van der Waals surface area contributed by atoms with Gasteiger partial charge in [-0.25, -0.2) is 0 Å². The summed E-state index contributed by atoms with van der Waals surface area (Å²) >= 11 is 6.00. The topological polar surface area (TPSA) is 34.4 Å². The Bertz CT molecular complexity index is 551. The van der Waals surface area contributed by atoms with Crippen LogP contribution in [0.4, 0.5) is 0 Å². The number of benzene rings is 1. The van der Waals surface area contributed by atoms with Crippen molar-refractivity contribution in [1.29, 1.82) is 0 Å². The van der Waals surface area contributed by atoms with E-state index >= 15 is 0 Å². The molecule has 20 heavy (non-hydrogen) atoms. The molecule has 0 amide bonds. The van der Waals surface area contributed by atoms with Gasteiger partial charge in [-0.2, -0.15) is 0 Å². The summed E-state index contributed by atoms with van der Waals surface area (Å²) in [4.78, 5) is 0. The minimum absolute atomic E-state index is 0.501. The summed E-state index contributed by atoms with van der Waals surface area (Å²) in [6.07, 6.45) is 2.81. The van der Waals surface area contributed by atoms with Crippen LogP contribution in [0.1, 0.15) is 30.2 Å². The van der Waals surface area contributed by atoms with Crippen molar-refractivity contribution in [2.45, 2.75) is 33.4 Å². The van der Waals surface area contributed by atoms with E-state index in [0.717, 1.165) is 47.2 Å². The SMILES string of the molecule is CCCNCc1occc1COc1ccc(Cl)c(C)c1. The molecule has 2 aromatic rings. The molecule has 108 valence electrons. The Balaban J connectivity index is 1.93. The summed E-state index contributed by atoms with van der Waals surface area (Å²) in [6.45, 7) is 6.33. The van der Waals surface area contributed by atoms with Gasteiger partial charge in [-0.3, -0.25) is 0 Å². The Morgan fingerprint density at radius 3 is 2.90 bits per heavy atom. The van der Waals surface area contributed by atoms with Gasteiger partial charge in [0, 0.05) is 10.6 Å². The lowest BCUT2D eigenvalue weighted by Crippen LogP contribution is -2.14. The molecule has 2 rings (SSSR count). The van der Waals surface area contributed by atoms with Crippen molar-refractivity contribution >= 4 is 11.6 Å². The third-order valence-corrected chi connectivity index (χ3v) is 3.50. The lowest BCUT2D eigenvalue weighted by atomic mass is 10.2. The van der Waals surface area contributed by atoms with E-state index in [2.05, 4.69) is 12.2 Å². The molecule has 0 saturated heterocycles. The zero-order chi connectivity index (χ0) is 14.4. The third-order valence-electron chi connectivity index (χ3n) is 3.07. The first kappa shape index (κ1) is 14.9. The molecule has 4 heteroatoms. The minimum atomic E-state index is 0.501. The van der Waals surface area contributed by atoms with Crippen LogP contribution in [0.25, 0.3) is 0 Å². The summed E-state index contributed by atoms with van der Waals surface area (Å²) in [5, 5.41) is 4.08. The number of nitrogens with one attached hydrogen (secondary N) is 1. The molecule has 0 spiro atoms. The van der Waals surface area contributed by atoms with E-state index < -0.39 is 0 Å². The number of hydrogen-bond acceptors (Lipinski definition) is 3. The van der Waals surface area contributed by atoms with Crippen molar-refractivity contribution in [3.05, 3.63) is 52.4 Å². The van der Waals surface area contributed by atoms with Gasteiger partial charge < -0.3 is 14.5 Å². The van der Waals surface area contributed by atoms with E-state index in [-0.39, 0.29) is 0 Å². The Hall–Kier alpha value is -1.45. The molecular weight excluding hydrogens is 274 g/mol. The van der Waals surface area contributed by atoms with Crippen LogP contribution in [0.2, 0.25) is 5.02 Å². The van der Waals surface area contributed by atoms with E-state index in [4.69, 9.17) is 20.8 Å². The second-order valence-electron chi connectivity index (χ2n) is 4.75. The average molecular weight is 294 g/mol. The number of halogens is 1. The quantitative estimate of drug-likeness (QED) is 0.772. The van der Waals surface area contributed by atoms with Crippen LogP contribution >= 0.6 is 11.6 Å². The van der Waals surface area contributed by atoms with Gasteiger partial charge in [-0.05, 0) is 49.7 Å². The van der Waals surface area contributed by atoms with Gasteiger partial charge in [0.2, 0.25) is 0 Å². The van der Waals surface area contributed by atoms with E-state index in [1.54, 1.807) is 6.26 Å². The highest BCUT2D eigenvalue weighted by atomic mass is 35.5. The Kier molecular flexibility index (Phi) is 5.50. The van der Waals surface area contributed by atoms with E-state index in [0.29, 0.717) is 6.61 Å². The van der Waals surface area contributed by atoms with Gasteiger partial charge in [0.25, 0.3) is 0 Å². The zero-order valence-electron chi connectivity index (χ0n) is 11.9. The van der Waals surface area contributed by atoms with Crippen molar-refractivity contribution in [1.82, 2.24) is 5.32 Å². The summed E-state index contributed by atoms with van der Waals surface area (Å²) < 4.78 is 11.3. The maximum absolute atomic E-state index is 6.00. The fraction of sp³-hybridized carbons (Fsp3) is 0.375. The molecule has 0 aliphatic rings. The highest BCUT2D eigenvalue weighted by Crippen LogP contribution is 2.22. The number of rotatable bonds is 7. The largest absolute Gasteiger partial charge is 0.489 e. The fourth-order valence-electron chi connectivity index (χ4n) is 1.90. The lowest BCUT2D eigenvalue weighted by Gasteiger charge is -2.08. The molecule has 1 aromatic heterocycles. The zero-order valence-corrected chi connectivity index (χ0v) is 12.7. The molecule has 3 nitrogen and oxygen atoms in total. The smallest absolute Gasteiger partial charge is 0.124 e. The summed E-state index contributed by atoms with van der Waals surface area (Å²) in [5.41, 5.74) is 2.09. The average Bonchev–Trinajstić information content (AvgIpc) is 2.88. The van der Waals surface area contributed by atoms with Gasteiger partial charge in [-0.1, -0.05) is 18.5 Å². The van der Waals surface area contributed by atoms with Crippen molar-refractivity contribution < 1.29 is 9.15 Å². The van der Waals surface area contributed by atoms with Crippen molar-refractivity contribution in [2.24, 2.45) is 0 Å². The number of hydrogen-bond donors (Lipinski definition) is 1. The Morgan fingerprint density at radius 1 is 1.30 bits per heavy atom. The predicted octanol–water partition coefficient (Wildman–Crippen LogP) is 4.32. The molecule has 0 fully saturated rings. The van der Waals surface area contributed by atoms with E-state index in [9.17, 15) is 0 Å². The second-order valence-corrected chi connectivity index (χ2v) is 5.15. The first-order valence-corrected chi connectivity index (χ1v) is 7.23. The van der Waals surface area contributed by atoms with Crippen LogP contribution in [0.3, 0.4) is 0 Å². The van der Waals surface area contributed by atoms with Crippen LogP contribution in [-0.2, 0) is 13.2 Å². The summed E-state index contributed by atoms with van der Waals surface area (Å²) in [7, 11) is 0. The first-order valence-electron chi connectivity index (χ1n) is 6.85. The second kappa shape index (κ2) is 7.36. The molecule has 0 radical (unpaired) electrons. The molecule has 0 aliphatic carbocycles.